The van der Waals surface area contributed by atoms with E-state index in [0.29, 0.717) is 0 Å². The molecule has 2 aliphatic rings. The van der Waals surface area contributed by atoms with E-state index in [1.165, 1.54) is 5.32 Å². The molecule has 1 saturated heterocycles. The van der Waals surface area contributed by atoms with Crippen LogP contribution < -0.4 is 5.32 Å². The summed E-state index contributed by atoms with van der Waals surface area (Å²) in [5.41, 5.74) is -4.16. The van der Waals surface area contributed by atoms with Crippen LogP contribution in [-0.2, 0) is 4.84 Å². The lowest BCUT2D eigenvalue weighted by atomic mass is 9.82. The Morgan fingerprint density at radius 3 is 2.05 bits per heavy atom. The van der Waals surface area contributed by atoms with Crippen LogP contribution >= 0.6 is 11.6 Å². The summed E-state index contributed by atoms with van der Waals surface area (Å²) in [4.78, 5) is 14.2. The van der Waals surface area contributed by atoms with Crippen molar-refractivity contribution in [2.24, 2.45) is 5.92 Å². The van der Waals surface area contributed by atoms with E-state index in [1.807, 2.05) is 0 Å². The minimum absolute atomic E-state index is 0.800. The summed E-state index contributed by atoms with van der Waals surface area (Å²) in [5, 5.41) is 8.71. The topological polar surface area (TPSA) is 64.4 Å². The van der Waals surface area contributed by atoms with Gasteiger partial charge in [0.1, 0.15) is 6.10 Å². The quantitative estimate of drug-likeness (QED) is 0.364. The highest BCUT2D eigenvalue weighted by Crippen LogP contribution is 2.58. The Balaban J connectivity index is 2.37. The fraction of sp³-hybridized carbons (Fsp3) is 1.00. The van der Waals surface area contributed by atoms with Gasteiger partial charge in [-0.2, -0.15) is 26.3 Å². The first-order chi connectivity index (χ1) is 8.92. The average molecular weight is 329 g/mol. The van der Waals surface area contributed by atoms with Crippen LogP contribution in [0.5, 0.6) is 0 Å². The SMILES string of the molecule is O=[N+]([O-])O[C@@H]1C[C@H]2[C@H](Cl)[C@@H]1NC2(C(F)(F)F)C(F)(F)F. The van der Waals surface area contributed by atoms with Crippen molar-refractivity contribution >= 4 is 11.6 Å². The van der Waals surface area contributed by atoms with Gasteiger partial charge in [-0.15, -0.1) is 21.7 Å². The smallest absolute Gasteiger partial charge is 0.309 e. The van der Waals surface area contributed by atoms with Crippen molar-refractivity contribution in [2.45, 2.75) is 41.8 Å². The van der Waals surface area contributed by atoms with Crippen molar-refractivity contribution in [2.75, 3.05) is 0 Å². The van der Waals surface area contributed by atoms with Crippen LogP contribution in [0.1, 0.15) is 6.42 Å². The third kappa shape index (κ3) is 1.90. The predicted molar refractivity (Wildman–Crippen MR) is 51.4 cm³/mol. The molecular weight excluding hydrogens is 322 g/mol. The highest BCUT2D eigenvalue weighted by atomic mass is 35.5. The summed E-state index contributed by atoms with van der Waals surface area (Å²) in [6.07, 6.45) is -13.5. The van der Waals surface area contributed by atoms with Gasteiger partial charge < -0.3 is 4.84 Å². The fourth-order valence-corrected chi connectivity index (χ4v) is 3.42. The second kappa shape index (κ2) is 4.26. The van der Waals surface area contributed by atoms with Crippen LogP contribution in [0, 0.1) is 16.0 Å². The molecule has 1 heterocycles. The third-order valence-electron chi connectivity index (χ3n) is 3.68. The standard InChI is InChI=1S/C8H7ClF6N2O3/c9-4-2-1-3(20-17(18)19)5(4)16-6(2,7(10,11)12)8(13,14)15/h2-5,16H,1H2/t2-,3+,4-,5+/m0/s1. The van der Waals surface area contributed by atoms with Crippen LogP contribution in [0.25, 0.3) is 0 Å². The maximum atomic E-state index is 12.9. The van der Waals surface area contributed by atoms with Gasteiger partial charge in [0, 0.05) is 5.92 Å². The van der Waals surface area contributed by atoms with Crippen LogP contribution in [0.3, 0.4) is 0 Å². The zero-order valence-electron chi connectivity index (χ0n) is 9.33. The van der Waals surface area contributed by atoms with Crippen molar-refractivity contribution in [3.8, 4) is 0 Å². The van der Waals surface area contributed by atoms with Gasteiger partial charge in [-0.05, 0) is 6.42 Å². The van der Waals surface area contributed by atoms with E-state index in [9.17, 15) is 36.5 Å². The van der Waals surface area contributed by atoms with E-state index < -0.39 is 52.8 Å². The van der Waals surface area contributed by atoms with Gasteiger partial charge >= 0.3 is 12.4 Å². The van der Waals surface area contributed by atoms with Crippen molar-refractivity contribution in [1.82, 2.24) is 5.32 Å². The first-order valence-corrected chi connectivity index (χ1v) is 5.72. The highest BCUT2D eigenvalue weighted by molar-refractivity contribution is 6.22. The van der Waals surface area contributed by atoms with Gasteiger partial charge in [0.25, 0.3) is 5.09 Å². The Morgan fingerprint density at radius 2 is 1.75 bits per heavy atom. The summed E-state index contributed by atoms with van der Waals surface area (Å²) in [5.74, 6) is -2.08. The van der Waals surface area contributed by atoms with E-state index in [0.717, 1.165) is 0 Å². The number of fused-ring (bicyclic) bond motifs is 2. The van der Waals surface area contributed by atoms with Gasteiger partial charge in [0.2, 0.25) is 5.54 Å². The Bertz CT molecular complexity index is 413. The van der Waals surface area contributed by atoms with E-state index in [4.69, 9.17) is 11.6 Å². The van der Waals surface area contributed by atoms with Gasteiger partial charge in [0.05, 0.1) is 11.4 Å². The summed E-state index contributed by atoms with van der Waals surface area (Å²) in [6, 6.07) is -1.60. The molecule has 0 aromatic carbocycles. The number of nitrogens with zero attached hydrogens (tertiary/aromatic N) is 1. The van der Waals surface area contributed by atoms with Crippen molar-refractivity contribution < 1.29 is 36.3 Å². The number of piperidine rings is 1. The van der Waals surface area contributed by atoms with Crippen molar-refractivity contribution in [3.05, 3.63) is 10.1 Å². The van der Waals surface area contributed by atoms with E-state index in [-0.39, 0.29) is 0 Å². The van der Waals surface area contributed by atoms with Crippen molar-refractivity contribution in [1.29, 1.82) is 0 Å². The van der Waals surface area contributed by atoms with E-state index in [1.54, 1.807) is 0 Å². The van der Waals surface area contributed by atoms with Gasteiger partial charge in [-0.1, -0.05) is 0 Å². The lowest BCUT2D eigenvalue weighted by molar-refractivity contribution is -0.769. The molecule has 2 bridgehead atoms. The molecule has 20 heavy (non-hydrogen) atoms. The zero-order chi connectivity index (χ0) is 15.5. The second-order valence-corrected chi connectivity index (χ2v) is 5.13. The molecule has 116 valence electrons. The highest BCUT2D eigenvalue weighted by Gasteiger charge is 2.81. The number of hydrogen-bond acceptors (Lipinski definition) is 4. The maximum absolute atomic E-state index is 12.9. The largest absolute Gasteiger partial charge is 0.415 e. The predicted octanol–water partition coefficient (Wildman–Crippen LogP) is 2.03. The molecule has 0 radical (unpaired) electrons. The minimum Gasteiger partial charge on any atom is -0.309 e. The zero-order valence-corrected chi connectivity index (χ0v) is 10.1. The summed E-state index contributed by atoms with van der Waals surface area (Å²) in [6.45, 7) is 0. The molecule has 1 saturated carbocycles. The first-order valence-electron chi connectivity index (χ1n) is 5.28. The van der Waals surface area contributed by atoms with Gasteiger partial charge in [0.15, 0.2) is 0 Å². The Morgan fingerprint density at radius 1 is 1.25 bits per heavy atom. The monoisotopic (exact) mass is 328 g/mol. The third-order valence-corrected chi connectivity index (χ3v) is 4.26. The molecule has 12 heteroatoms. The van der Waals surface area contributed by atoms with E-state index in [2.05, 4.69) is 4.84 Å². The molecule has 2 rings (SSSR count). The minimum atomic E-state index is -5.63. The molecule has 1 aliphatic carbocycles. The van der Waals surface area contributed by atoms with Crippen molar-refractivity contribution in [3.63, 3.8) is 0 Å². The number of hydrogen-bond donors (Lipinski definition) is 1. The van der Waals surface area contributed by atoms with Gasteiger partial charge in [-0.3, -0.25) is 5.32 Å². The summed E-state index contributed by atoms with van der Waals surface area (Å²) < 4.78 is 77.5. The lowest BCUT2D eigenvalue weighted by Gasteiger charge is -2.42. The van der Waals surface area contributed by atoms with Gasteiger partial charge in [-0.25, -0.2) is 0 Å². The molecule has 1 N–H and O–H groups in total. The Hall–Kier alpha value is -0.970. The summed E-state index contributed by atoms with van der Waals surface area (Å²) in [7, 11) is 0. The van der Waals surface area contributed by atoms with Crippen LogP contribution in [0.4, 0.5) is 26.3 Å². The number of nitrogens with one attached hydrogen (secondary N) is 1. The number of alkyl halides is 7. The van der Waals surface area contributed by atoms with E-state index >= 15 is 0 Å². The molecule has 0 amide bonds. The number of halogens is 7. The Labute approximate surface area is 112 Å². The molecule has 0 aromatic rings. The molecule has 0 unspecified atom stereocenters. The molecule has 4 atom stereocenters. The Kier molecular flexibility index (Phi) is 3.29. The van der Waals surface area contributed by atoms with Crippen LogP contribution in [-0.4, -0.2) is 40.5 Å². The molecule has 2 fully saturated rings. The molecule has 0 spiro atoms. The first kappa shape index (κ1) is 15.4. The molecule has 0 aromatic heterocycles. The molecular formula is C8H7ClF6N2O3. The number of rotatable bonds is 2. The van der Waals surface area contributed by atoms with Crippen LogP contribution in [0.2, 0.25) is 0 Å². The normalized spacial score (nSPS) is 36.1. The average Bonchev–Trinajstić information content (AvgIpc) is 2.66. The lowest BCUT2D eigenvalue weighted by Crippen LogP contribution is -2.70. The summed E-state index contributed by atoms with van der Waals surface area (Å²) >= 11 is 5.59. The maximum Gasteiger partial charge on any atom is 0.415 e. The molecule has 1 aliphatic heterocycles. The molecule has 5 nitrogen and oxygen atoms in total. The van der Waals surface area contributed by atoms with Crippen LogP contribution in [0.15, 0.2) is 0 Å². The fourth-order valence-electron chi connectivity index (χ4n) is 2.90. The second-order valence-electron chi connectivity index (χ2n) is 4.63.